The predicted molar refractivity (Wildman–Crippen MR) is 335 cm³/mol. The quantitative estimate of drug-likeness (QED) is 0.0261. The lowest BCUT2D eigenvalue weighted by atomic mass is 10.0. The van der Waals surface area contributed by atoms with Crippen molar-refractivity contribution in [3.05, 3.63) is 12.2 Å². The van der Waals surface area contributed by atoms with Crippen molar-refractivity contribution in [1.29, 1.82) is 0 Å². The molecule has 77 heavy (non-hydrogen) atoms. The summed E-state index contributed by atoms with van der Waals surface area (Å²) in [7, 11) is 0. The van der Waals surface area contributed by atoms with Gasteiger partial charge in [-0.15, -0.1) is 0 Å². The maximum atomic E-state index is 12.8. The third-order valence-corrected chi connectivity index (χ3v) is 16.3. The molecule has 0 fully saturated rings. The third-order valence-electron chi connectivity index (χ3n) is 16.3. The topological polar surface area (TPSA) is 78.9 Å². The Morgan fingerprint density at radius 2 is 0.429 bits per heavy atom. The Morgan fingerprint density at radius 1 is 0.247 bits per heavy atom. The molecular weight excluding hydrogens is 949 g/mol. The van der Waals surface area contributed by atoms with E-state index in [4.69, 9.17) is 14.2 Å². The summed E-state index contributed by atoms with van der Waals surface area (Å²) in [5.74, 6) is -0.854. The van der Waals surface area contributed by atoms with E-state index in [9.17, 15) is 14.4 Å². The van der Waals surface area contributed by atoms with Crippen molar-refractivity contribution in [3.8, 4) is 0 Å². The molecule has 0 spiro atoms. The first-order chi connectivity index (χ1) is 38.0. The minimum absolute atomic E-state index is 0.0677. The van der Waals surface area contributed by atoms with E-state index in [0.717, 1.165) is 64.2 Å². The van der Waals surface area contributed by atoms with Crippen molar-refractivity contribution < 1.29 is 28.6 Å². The number of carbonyl (C=O) groups excluding carboxylic acids is 3. The zero-order valence-corrected chi connectivity index (χ0v) is 52.5. The summed E-state index contributed by atoms with van der Waals surface area (Å²) in [5.41, 5.74) is 0. The molecule has 0 radical (unpaired) electrons. The van der Waals surface area contributed by atoms with Crippen molar-refractivity contribution in [2.75, 3.05) is 13.2 Å². The second kappa shape index (κ2) is 66.7. The van der Waals surface area contributed by atoms with Gasteiger partial charge in [-0.3, -0.25) is 14.4 Å². The summed E-state index contributed by atoms with van der Waals surface area (Å²) in [6.45, 7) is 6.67. The summed E-state index contributed by atoms with van der Waals surface area (Å²) < 4.78 is 16.9. The van der Waals surface area contributed by atoms with E-state index in [1.807, 2.05) is 0 Å². The largest absolute Gasteiger partial charge is 0.462 e. The maximum Gasteiger partial charge on any atom is 0.306 e. The van der Waals surface area contributed by atoms with Gasteiger partial charge in [0.15, 0.2) is 6.10 Å². The fourth-order valence-electron chi connectivity index (χ4n) is 11.0. The van der Waals surface area contributed by atoms with Crippen LogP contribution in [-0.2, 0) is 28.6 Å². The molecule has 0 aliphatic heterocycles. The molecule has 1 unspecified atom stereocenters. The molecular formula is C71H136O6. The van der Waals surface area contributed by atoms with Crippen LogP contribution in [0.5, 0.6) is 0 Å². The van der Waals surface area contributed by atoms with Crippen molar-refractivity contribution >= 4 is 17.9 Å². The first-order valence-corrected chi connectivity index (χ1v) is 35.2. The van der Waals surface area contributed by atoms with Gasteiger partial charge < -0.3 is 14.2 Å². The Kier molecular flexibility index (Phi) is 65.1. The molecule has 456 valence electrons. The fraction of sp³-hybridized carbons (Fsp3) is 0.930. The number of unbranched alkanes of at least 4 members (excludes halogenated alkanes) is 53. The van der Waals surface area contributed by atoms with Gasteiger partial charge in [-0.1, -0.05) is 354 Å². The first-order valence-electron chi connectivity index (χ1n) is 35.2. The molecule has 0 rings (SSSR count). The summed E-state index contributed by atoms with van der Waals surface area (Å²) in [6, 6.07) is 0. The van der Waals surface area contributed by atoms with E-state index in [-0.39, 0.29) is 31.1 Å². The number of esters is 3. The van der Waals surface area contributed by atoms with E-state index in [2.05, 4.69) is 32.9 Å². The Bertz CT molecular complexity index is 1200. The van der Waals surface area contributed by atoms with Gasteiger partial charge in [-0.25, -0.2) is 0 Å². The second-order valence-corrected chi connectivity index (χ2v) is 24.2. The third kappa shape index (κ3) is 64.9. The number of ether oxygens (including phenoxy) is 3. The van der Waals surface area contributed by atoms with Crippen LogP contribution in [0.2, 0.25) is 0 Å². The van der Waals surface area contributed by atoms with Crippen LogP contribution >= 0.6 is 0 Å². The molecule has 0 saturated heterocycles. The number of hydrogen-bond donors (Lipinski definition) is 0. The molecule has 0 saturated carbocycles. The van der Waals surface area contributed by atoms with Crippen molar-refractivity contribution in [1.82, 2.24) is 0 Å². The number of carbonyl (C=O) groups is 3. The fourth-order valence-corrected chi connectivity index (χ4v) is 11.0. The molecule has 0 aliphatic carbocycles. The molecule has 0 aliphatic rings. The molecule has 0 aromatic heterocycles. The Hall–Kier alpha value is -1.85. The summed E-state index contributed by atoms with van der Waals surface area (Å²) in [4.78, 5) is 38.1. The lowest BCUT2D eigenvalue weighted by molar-refractivity contribution is -0.167. The lowest BCUT2D eigenvalue weighted by Crippen LogP contribution is -2.30. The van der Waals surface area contributed by atoms with Gasteiger partial charge in [0, 0.05) is 19.3 Å². The highest BCUT2D eigenvalue weighted by Crippen LogP contribution is 2.19. The Morgan fingerprint density at radius 3 is 0.649 bits per heavy atom. The highest BCUT2D eigenvalue weighted by atomic mass is 16.6. The maximum absolute atomic E-state index is 12.8. The van der Waals surface area contributed by atoms with E-state index in [1.54, 1.807) is 0 Å². The van der Waals surface area contributed by atoms with Crippen molar-refractivity contribution in [2.45, 2.75) is 412 Å². The zero-order valence-electron chi connectivity index (χ0n) is 52.5. The van der Waals surface area contributed by atoms with Crippen LogP contribution in [0, 0.1) is 0 Å². The summed E-state index contributed by atoms with van der Waals surface area (Å²) in [5, 5.41) is 0. The van der Waals surface area contributed by atoms with Crippen molar-refractivity contribution in [2.24, 2.45) is 0 Å². The number of hydrogen-bond acceptors (Lipinski definition) is 6. The van der Waals surface area contributed by atoms with Crippen LogP contribution in [0.15, 0.2) is 12.2 Å². The van der Waals surface area contributed by atoms with Gasteiger partial charge in [0.2, 0.25) is 0 Å². The van der Waals surface area contributed by atoms with Crippen LogP contribution in [0.3, 0.4) is 0 Å². The number of allylic oxidation sites excluding steroid dienone is 2. The van der Waals surface area contributed by atoms with Crippen LogP contribution in [0.1, 0.15) is 406 Å². The van der Waals surface area contributed by atoms with Crippen molar-refractivity contribution in [3.63, 3.8) is 0 Å². The monoisotopic (exact) mass is 1090 g/mol. The molecule has 6 heteroatoms. The predicted octanol–water partition coefficient (Wildman–Crippen LogP) is 24.0. The highest BCUT2D eigenvalue weighted by Gasteiger charge is 2.19. The van der Waals surface area contributed by atoms with Gasteiger partial charge in [0.05, 0.1) is 0 Å². The molecule has 0 heterocycles. The molecule has 0 aromatic rings. The molecule has 0 aromatic carbocycles. The smallest absolute Gasteiger partial charge is 0.306 e. The molecule has 0 N–H and O–H groups in total. The number of rotatable bonds is 66. The average molecular weight is 1090 g/mol. The van der Waals surface area contributed by atoms with E-state index >= 15 is 0 Å². The average Bonchev–Trinajstić information content (AvgIpc) is 3.43. The second-order valence-electron chi connectivity index (χ2n) is 24.2. The van der Waals surface area contributed by atoms with Crippen LogP contribution < -0.4 is 0 Å². The minimum Gasteiger partial charge on any atom is -0.462 e. The minimum atomic E-state index is -0.769. The van der Waals surface area contributed by atoms with Gasteiger partial charge in [0.25, 0.3) is 0 Å². The van der Waals surface area contributed by atoms with Crippen LogP contribution in [0.25, 0.3) is 0 Å². The first kappa shape index (κ1) is 75.2. The summed E-state index contributed by atoms with van der Waals surface area (Å²) in [6.07, 6.45) is 80.0. The Balaban J connectivity index is 3.92. The normalized spacial score (nSPS) is 12.0. The standard InChI is InChI=1S/C71H136O6/c1-4-7-10-13-16-19-21-23-25-27-28-29-30-31-32-33-34-35-36-37-38-39-40-41-42-43-44-45-47-48-50-52-55-58-61-64-70(73)76-67-68(66-75-69(72)63-60-57-54-18-15-12-9-6-3)77-71(74)65-62-59-56-53-51-49-46-26-24-22-20-17-14-11-8-5-2/h26,46,68H,4-25,27-45,47-67H2,1-3H3/b46-26-. The van der Waals surface area contributed by atoms with E-state index < -0.39 is 6.10 Å². The summed E-state index contributed by atoms with van der Waals surface area (Å²) >= 11 is 0. The highest BCUT2D eigenvalue weighted by molar-refractivity contribution is 5.71. The molecule has 0 bridgehead atoms. The van der Waals surface area contributed by atoms with Crippen LogP contribution in [0.4, 0.5) is 0 Å². The Labute approximate surface area is 481 Å². The van der Waals surface area contributed by atoms with Gasteiger partial charge in [-0.2, -0.15) is 0 Å². The SMILES string of the molecule is CCCCCCCCC/C=C\CCCCCCCC(=O)OC(COC(=O)CCCCCCCCCC)COC(=O)CCCCCCCCCCCCCCCCCCCCCCCCCCCCCCCCCCCCC. The van der Waals surface area contributed by atoms with E-state index in [0.29, 0.717) is 19.3 Å². The zero-order chi connectivity index (χ0) is 55.7. The van der Waals surface area contributed by atoms with Gasteiger partial charge in [0.1, 0.15) is 13.2 Å². The molecule has 1 atom stereocenters. The van der Waals surface area contributed by atoms with Crippen LogP contribution in [-0.4, -0.2) is 37.2 Å². The molecule has 0 amide bonds. The van der Waals surface area contributed by atoms with Gasteiger partial charge in [-0.05, 0) is 44.9 Å². The lowest BCUT2D eigenvalue weighted by Gasteiger charge is -2.18. The van der Waals surface area contributed by atoms with E-state index in [1.165, 1.54) is 302 Å². The molecule has 6 nitrogen and oxygen atoms in total. The van der Waals surface area contributed by atoms with Gasteiger partial charge >= 0.3 is 17.9 Å².